The Kier molecular flexibility index (Phi) is 6.84. The number of benzene rings is 2. The molecule has 0 aliphatic carbocycles. The number of ether oxygens (including phenoxy) is 2. The van der Waals surface area contributed by atoms with E-state index in [1.165, 1.54) is 24.3 Å². The largest absolute Gasteiger partial charge is 0.492 e. The Morgan fingerprint density at radius 3 is 2.48 bits per heavy atom. The van der Waals surface area contributed by atoms with Crippen LogP contribution in [0.5, 0.6) is 17.4 Å². The molecule has 1 fully saturated rings. The van der Waals surface area contributed by atoms with E-state index >= 15 is 0 Å². The van der Waals surface area contributed by atoms with E-state index in [-0.39, 0.29) is 17.0 Å². The van der Waals surface area contributed by atoms with E-state index in [4.69, 9.17) is 9.47 Å². The number of imide groups is 1. The standard InChI is InChI=1S/C23H19FN4O4S/c1-28(22-25-11-10-20(26-22)32-18-8-4-16(24)5-9-18)12-13-31-17-6-2-15(3-7-17)14-19-21(29)27-23(30)33-19/h2-11,14H,12-13H2,1H3,(H,27,29,30)/b19-14-. The smallest absolute Gasteiger partial charge is 0.290 e. The van der Waals surface area contributed by atoms with E-state index in [1.807, 2.05) is 24.1 Å². The minimum Gasteiger partial charge on any atom is -0.492 e. The number of halogens is 1. The molecule has 1 aromatic heterocycles. The first-order chi connectivity index (χ1) is 16.0. The summed E-state index contributed by atoms with van der Waals surface area (Å²) in [5, 5.41) is 1.85. The summed E-state index contributed by atoms with van der Waals surface area (Å²) >= 11 is 0.878. The summed E-state index contributed by atoms with van der Waals surface area (Å²) in [6, 6.07) is 14.5. The van der Waals surface area contributed by atoms with Crippen molar-refractivity contribution >= 4 is 34.9 Å². The van der Waals surface area contributed by atoms with Crippen LogP contribution in [0.2, 0.25) is 0 Å². The highest BCUT2D eigenvalue weighted by Gasteiger charge is 2.24. The molecule has 0 unspecified atom stereocenters. The van der Waals surface area contributed by atoms with Gasteiger partial charge in [0.1, 0.15) is 23.9 Å². The van der Waals surface area contributed by atoms with Gasteiger partial charge in [0.15, 0.2) is 0 Å². The molecule has 2 amide bonds. The number of carbonyl (C=O) groups excluding carboxylic acids is 2. The summed E-state index contributed by atoms with van der Waals surface area (Å²) in [4.78, 5) is 33.7. The molecule has 0 radical (unpaired) electrons. The molecular formula is C23H19FN4O4S. The zero-order chi connectivity index (χ0) is 23.2. The van der Waals surface area contributed by atoms with Gasteiger partial charge in [0.05, 0.1) is 11.4 Å². The average molecular weight is 466 g/mol. The van der Waals surface area contributed by atoms with Gasteiger partial charge in [-0.25, -0.2) is 9.37 Å². The Morgan fingerprint density at radius 1 is 1.06 bits per heavy atom. The number of hydrogen-bond donors (Lipinski definition) is 1. The average Bonchev–Trinajstić information content (AvgIpc) is 3.13. The van der Waals surface area contributed by atoms with E-state index in [1.54, 1.807) is 30.5 Å². The van der Waals surface area contributed by atoms with Crippen molar-refractivity contribution in [2.24, 2.45) is 0 Å². The SMILES string of the molecule is CN(CCOc1ccc(/C=C2\SC(=O)NC2=O)cc1)c1nccc(Oc2ccc(F)cc2)n1. The molecule has 0 atom stereocenters. The third kappa shape index (κ3) is 6.07. The fraction of sp³-hybridized carbons (Fsp3) is 0.130. The van der Waals surface area contributed by atoms with Crippen LogP contribution in [0.1, 0.15) is 5.56 Å². The van der Waals surface area contributed by atoms with E-state index < -0.39 is 0 Å². The van der Waals surface area contributed by atoms with E-state index in [9.17, 15) is 14.0 Å². The molecule has 1 N–H and O–H groups in total. The van der Waals surface area contributed by atoms with Crippen LogP contribution in [0, 0.1) is 5.82 Å². The Morgan fingerprint density at radius 2 is 1.79 bits per heavy atom. The Balaban J connectivity index is 1.29. The van der Waals surface area contributed by atoms with Gasteiger partial charge >= 0.3 is 0 Å². The van der Waals surface area contributed by atoms with Gasteiger partial charge in [-0.2, -0.15) is 4.98 Å². The predicted molar refractivity (Wildman–Crippen MR) is 123 cm³/mol. The quantitative estimate of drug-likeness (QED) is 0.493. The van der Waals surface area contributed by atoms with Gasteiger partial charge in [-0.15, -0.1) is 0 Å². The van der Waals surface area contributed by atoms with Crippen molar-refractivity contribution in [2.45, 2.75) is 0 Å². The summed E-state index contributed by atoms with van der Waals surface area (Å²) in [7, 11) is 1.83. The maximum atomic E-state index is 13.0. The number of nitrogens with one attached hydrogen (secondary N) is 1. The first kappa shape index (κ1) is 22.3. The topological polar surface area (TPSA) is 93.7 Å². The number of likely N-dealkylation sites (N-methyl/N-ethyl adjacent to an activating group) is 1. The molecule has 8 nitrogen and oxygen atoms in total. The molecule has 2 aromatic carbocycles. The van der Waals surface area contributed by atoms with Crippen LogP contribution >= 0.6 is 11.8 Å². The minimum absolute atomic E-state index is 0.339. The van der Waals surface area contributed by atoms with Crippen molar-refractivity contribution in [1.82, 2.24) is 15.3 Å². The normalized spacial score (nSPS) is 14.3. The number of anilines is 1. The maximum Gasteiger partial charge on any atom is 0.290 e. The molecule has 1 saturated heterocycles. The Bertz CT molecular complexity index is 1190. The van der Waals surface area contributed by atoms with Gasteiger partial charge in [-0.3, -0.25) is 14.9 Å². The Labute approximate surface area is 193 Å². The van der Waals surface area contributed by atoms with Crippen LogP contribution in [-0.2, 0) is 4.79 Å². The molecule has 168 valence electrons. The molecule has 4 rings (SSSR count). The molecule has 1 aliphatic rings. The number of nitrogens with zero attached hydrogens (tertiary/aromatic N) is 3. The highest BCUT2D eigenvalue weighted by Crippen LogP contribution is 2.26. The van der Waals surface area contributed by atoms with Crippen molar-refractivity contribution in [3.63, 3.8) is 0 Å². The van der Waals surface area contributed by atoms with Crippen LogP contribution in [0.15, 0.2) is 65.7 Å². The fourth-order valence-corrected chi connectivity index (χ4v) is 3.51. The fourth-order valence-electron chi connectivity index (χ4n) is 2.83. The highest BCUT2D eigenvalue weighted by atomic mass is 32.2. The lowest BCUT2D eigenvalue weighted by molar-refractivity contribution is -0.115. The number of amides is 2. The monoisotopic (exact) mass is 466 g/mol. The summed E-state index contributed by atoms with van der Waals surface area (Å²) in [5.41, 5.74) is 0.790. The molecule has 0 bridgehead atoms. The lowest BCUT2D eigenvalue weighted by atomic mass is 10.2. The van der Waals surface area contributed by atoms with Gasteiger partial charge < -0.3 is 14.4 Å². The third-order valence-corrected chi connectivity index (χ3v) is 5.32. The Hall–Kier alpha value is -3.92. The molecule has 33 heavy (non-hydrogen) atoms. The highest BCUT2D eigenvalue weighted by molar-refractivity contribution is 8.18. The number of thioether (sulfide) groups is 1. The van der Waals surface area contributed by atoms with Crippen LogP contribution in [0.4, 0.5) is 15.1 Å². The number of aromatic nitrogens is 2. The molecular weight excluding hydrogens is 447 g/mol. The van der Waals surface area contributed by atoms with E-state index in [0.717, 1.165) is 17.3 Å². The second-order valence-electron chi connectivity index (χ2n) is 6.94. The van der Waals surface area contributed by atoms with Crippen molar-refractivity contribution in [3.8, 4) is 17.4 Å². The minimum atomic E-state index is -0.386. The van der Waals surface area contributed by atoms with Crippen molar-refractivity contribution in [3.05, 3.63) is 77.1 Å². The zero-order valence-electron chi connectivity index (χ0n) is 17.5. The van der Waals surface area contributed by atoms with Crippen molar-refractivity contribution in [1.29, 1.82) is 0 Å². The number of rotatable bonds is 8. The lowest BCUT2D eigenvalue weighted by Gasteiger charge is -2.17. The predicted octanol–water partition coefficient (Wildman–Crippen LogP) is 4.25. The molecule has 10 heteroatoms. The molecule has 2 heterocycles. The second kappa shape index (κ2) is 10.1. The van der Waals surface area contributed by atoms with Crippen LogP contribution < -0.4 is 19.7 Å². The lowest BCUT2D eigenvalue weighted by Crippen LogP contribution is -2.25. The van der Waals surface area contributed by atoms with Crippen LogP contribution in [0.3, 0.4) is 0 Å². The zero-order valence-corrected chi connectivity index (χ0v) is 18.3. The van der Waals surface area contributed by atoms with Gasteiger partial charge in [-0.1, -0.05) is 12.1 Å². The maximum absolute atomic E-state index is 13.0. The van der Waals surface area contributed by atoms with E-state index in [0.29, 0.717) is 41.4 Å². The molecule has 0 saturated carbocycles. The van der Waals surface area contributed by atoms with Crippen LogP contribution in [-0.4, -0.2) is 41.3 Å². The summed E-state index contributed by atoms with van der Waals surface area (Å²) < 4.78 is 24.5. The summed E-state index contributed by atoms with van der Waals surface area (Å²) in [6.07, 6.45) is 3.24. The van der Waals surface area contributed by atoms with Crippen molar-refractivity contribution in [2.75, 3.05) is 25.1 Å². The first-order valence-corrected chi connectivity index (χ1v) is 10.7. The molecule has 1 aliphatic heterocycles. The van der Waals surface area contributed by atoms with Gasteiger partial charge in [0.25, 0.3) is 11.1 Å². The van der Waals surface area contributed by atoms with Gasteiger partial charge in [0, 0.05) is 19.3 Å². The second-order valence-corrected chi connectivity index (χ2v) is 7.96. The summed E-state index contributed by atoms with van der Waals surface area (Å²) in [6.45, 7) is 0.904. The molecule has 0 spiro atoms. The number of carbonyl (C=O) groups is 2. The van der Waals surface area contributed by atoms with Gasteiger partial charge in [-0.05, 0) is 59.8 Å². The van der Waals surface area contributed by atoms with E-state index in [2.05, 4.69) is 15.3 Å². The first-order valence-electron chi connectivity index (χ1n) is 9.91. The van der Waals surface area contributed by atoms with Crippen LogP contribution in [0.25, 0.3) is 6.08 Å². The van der Waals surface area contributed by atoms with Crippen molar-refractivity contribution < 1.29 is 23.5 Å². The third-order valence-electron chi connectivity index (χ3n) is 4.51. The molecule has 3 aromatic rings. The number of hydrogen-bond acceptors (Lipinski definition) is 8. The summed E-state index contributed by atoms with van der Waals surface area (Å²) in [5.74, 6) is 1.22. The van der Waals surface area contributed by atoms with Gasteiger partial charge in [0.2, 0.25) is 11.8 Å².